The van der Waals surface area contributed by atoms with E-state index in [9.17, 15) is 4.79 Å². The molecule has 1 N–H and O–H groups in total. The Bertz CT molecular complexity index is 1160. The number of ether oxygens (including phenoxy) is 1. The molecule has 2 aromatic carbocycles. The van der Waals surface area contributed by atoms with E-state index < -0.39 is 6.04 Å². The van der Waals surface area contributed by atoms with E-state index in [1.54, 1.807) is 28.8 Å². The Morgan fingerprint density at radius 1 is 1.18 bits per heavy atom. The third kappa shape index (κ3) is 5.29. The third-order valence-corrected chi connectivity index (χ3v) is 6.67. The van der Waals surface area contributed by atoms with Gasteiger partial charge in [0.15, 0.2) is 0 Å². The number of carbonyl (C=O) groups is 1. The maximum atomic E-state index is 13.0. The molecule has 2 amide bonds. The molecule has 0 fully saturated rings. The second-order valence-corrected chi connectivity index (χ2v) is 9.10. The Kier molecular flexibility index (Phi) is 7.92. The number of hydrogen-bond acceptors (Lipinski definition) is 6. The lowest BCUT2D eigenvalue weighted by atomic mass is 9.94. The van der Waals surface area contributed by atoms with Crippen LogP contribution in [0.5, 0.6) is 0 Å². The van der Waals surface area contributed by atoms with Gasteiger partial charge in [0.2, 0.25) is 5.82 Å². The van der Waals surface area contributed by atoms with Crippen LogP contribution in [0.2, 0.25) is 5.02 Å². The van der Waals surface area contributed by atoms with E-state index in [-0.39, 0.29) is 6.03 Å². The molecule has 178 valence electrons. The van der Waals surface area contributed by atoms with Gasteiger partial charge in [-0.2, -0.15) is 4.98 Å². The first-order chi connectivity index (χ1) is 16.5. The summed E-state index contributed by atoms with van der Waals surface area (Å²) in [6.07, 6.45) is 2.75. The number of urea groups is 1. The minimum atomic E-state index is -0.444. The number of allylic oxidation sites excluding steroid dienone is 1. The van der Waals surface area contributed by atoms with Crippen LogP contribution in [0, 0.1) is 0 Å². The minimum Gasteiger partial charge on any atom is -0.382 e. The zero-order valence-electron chi connectivity index (χ0n) is 19.4. The molecule has 1 aromatic heterocycles. The molecule has 1 unspecified atom stereocenters. The average molecular weight is 499 g/mol. The number of carbonyl (C=O) groups excluding carboxylic acids is 1. The molecule has 0 radical (unpaired) electrons. The average Bonchev–Trinajstić information content (AvgIpc) is 3.33. The fourth-order valence-corrected chi connectivity index (χ4v) is 4.43. The molecular formula is C25H27ClN4O3S. The second-order valence-electron chi connectivity index (χ2n) is 7.79. The first-order valence-electron chi connectivity index (χ1n) is 11.1. The maximum absolute atomic E-state index is 13.0. The molecule has 1 aliphatic rings. The molecule has 0 saturated carbocycles. The van der Waals surface area contributed by atoms with Crippen molar-refractivity contribution in [3.63, 3.8) is 0 Å². The van der Waals surface area contributed by atoms with E-state index >= 15 is 0 Å². The van der Waals surface area contributed by atoms with Crippen molar-refractivity contribution in [2.24, 2.45) is 0 Å². The van der Waals surface area contributed by atoms with Gasteiger partial charge in [-0.15, -0.1) is 11.8 Å². The van der Waals surface area contributed by atoms with Crippen LogP contribution in [0.4, 0.5) is 4.79 Å². The Hall–Kier alpha value is -2.81. The quantitative estimate of drug-likeness (QED) is 0.286. The lowest BCUT2D eigenvalue weighted by molar-refractivity contribution is 0.136. The van der Waals surface area contributed by atoms with Crippen molar-refractivity contribution in [1.82, 2.24) is 20.4 Å². The number of benzene rings is 2. The lowest BCUT2D eigenvalue weighted by Gasteiger charge is -2.35. The van der Waals surface area contributed by atoms with Gasteiger partial charge in [0.25, 0.3) is 5.89 Å². The summed E-state index contributed by atoms with van der Waals surface area (Å²) < 4.78 is 11.2. The Labute approximate surface area is 208 Å². The van der Waals surface area contributed by atoms with Crippen LogP contribution in [0.15, 0.2) is 63.6 Å². The van der Waals surface area contributed by atoms with Crippen molar-refractivity contribution >= 4 is 35.0 Å². The molecule has 0 saturated heterocycles. The molecule has 4 rings (SSSR count). The highest BCUT2D eigenvalue weighted by molar-refractivity contribution is 7.98. The van der Waals surface area contributed by atoms with Crippen molar-refractivity contribution in [2.75, 3.05) is 26.0 Å². The normalized spacial score (nSPS) is 16.2. The molecule has 2 heterocycles. The summed E-state index contributed by atoms with van der Waals surface area (Å²) in [6, 6.07) is 14.8. The number of thioether (sulfide) groups is 1. The topological polar surface area (TPSA) is 80.5 Å². The summed E-state index contributed by atoms with van der Waals surface area (Å²) in [5, 5.41) is 7.95. The standard InChI is InChI=1S/C25H27ClN4O3S/c1-4-32-15-5-14-30-16(2)21(22(27-25(30)31)17-6-10-19(26)11-7-17)24-28-23(29-33-24)18-8-12-20(34-3)13-9-18/h6-13,22H,4-5,14-15H2,1-3H3,(H,27,31). The van der Waals surface area contributed by atoms with Crippen molar-refractivity contribution in [2.45, 2.75) is 31.2 Å². The van der Waals surface area contributed by atoms with Gasteiger partial charge in [0.05, 0.1) is 11.6 Å². The highest BCUT2D eigenvalue weighted by Crippen LogP contribution is 2.37. The van der Waals surface area contributed by atoms with Crippen LogP contribution in [0.25, 0.3) is 17.0 Å². The molecular weight excluding hydrogens is 472 g/mol. The summed E-state index contributed by atoms with van der Waals surface area (Å²) in [7, 11) is 0. The molecule has 0 spiro atoms. The monoisotopic (exact) mass is 498 g/mol. The number of halogens is 1. The molecule has 0 aliphatic carbocycles. The van der Waals surface area contributed by atoms with Gasteiger partial charge in [-0.05, 0) is 68.5 Å². The van der Waals surface area contributed by atoms with Crippen LogP contribution in [-0.2, 0) is 4.74 Å². The zero-order valence-corrected chi connectivity index (χ0v) is 20.9. The number of nitrogens with zero attached hydrogens (tertiary/aromatic N) is 3. The number of aromatic nitrogens is 2. The minimum absolute atomic E-state index is 0.176. The van der Waals surface area contributed by atoms with Crippen LogP contribution >= 0.6 is 23.4 Å². The number of amides is 2. The fraction of sp³-hybridized carbons (Fsp3) is 0.320. The molecule has 9 heteroatoms. The summed E-state index contributed by atoms with van der Waals surface area (Å²) in [5.41, 5.74) is 3.28. The van der Waals surface area contributed by atoms with Crippen LogP contribution < -0.4 is 5.32 Å². The predicted octanol–water partition coefficient (Wildman–Crippen LogP) is 6.04. The number of rotatable bonds is 9. The Morgan fingerprint density at radius 2 is 1.91 bits per heavy atom. The summed E-state index contributed by atoms with van der Waals surface area (Å²) >= 11 is 7.77. The van der Waals surface area contributed by atoms with Crippen LogP contribution in [0.3, 0.4) is 0 Å². The first-order valence-corrected chi connectivity index (χ1v) is 12.7. The van der Waals surface area contributed by atoms with E-state index in [0.717, 1.165) is 27.3 Å². The highest BCUT2D eigenvalue weighted by atomic mass is 35.5. The molecule has 34 heavy (non-hydrogen) atoms. The third-order valence-electron chi connectivity index (χ3n) is 5.68. The first kappa shape index (κ1) is 24.3. The summed E-state index contributed by atoms with van der Waals surface area (Å²) in [6.45, 7) is 5.61. The summed E-state index contributed by atoms with van der Waals surface area (Å²) in [4.78, 5) is 20.6. The SMILES string of the molecule is CCOCCCN1C(=O)NC(c2ccc(Cl)cc2)C(c2nc(-c3ccc(SC)cc3)no2)=C1C. The highest BCUT2D eigenvalue weighted by Gasteiger charge is 2.35. The van der Waals surface area contributed by atoms with E-state index in [4.69, 9.17) is 25.8 Å². The Balaban J connectivity index is 1.71. The van der Waals surface area contributed by atoms with Crippen LogP contribution in [0.1, 0.15) is 37.8 Å². The summed E-state index contributed by atoms with van der Waals surface area (Å²) in [5.74, 6) is 0.869. The van der Waals surface area contributed by atoms with Gasteiger partial charge in [-0.1, -0.05) is 28.9 Å². The van der Waals surface area contributed by atoms with Crippen molar-refractivity contribution in [3.05, 3.63) is 70.7 Å². The van der Waals surface area contributed by atoms with Gasteiger partial charge in [0, 0.05) is 40.9 Å². The molecule has 0 bridgehead atoms. The molecule has 7 nitrogen and oxygen atoms in total. The van der Waals surface area contributed by atoms with Crippen LogP contribution in [-0.4, -0.2) is 47.1 Å². The molecule has 3 aromatic rings. The van der Waals surface area contributed by atoms with Gasteiger partial charge < -0.3 is 14.6 Å². The van der Waals surface area contributed by atoms with E-state index in [1.807, 2.05) is 56.5 Å². The molecule has 1 atom stereocenters. The predicted molar refractivity (Wildman–Crippen MR) is 135 cm³/mol. The van der Waals surface area contributed by atoms with E-state index in [2.05, 4.69) is 10.5 Å². The van der Waals surface area contributed by atoms with Gasteiger partial charge in [-0.3, -0.25) is 4.90 Å². The molecule has 1 aliphatic heterocycles. The lowest BCUT2D eigenvalue weighted by Crippen LogP contribution is -2.46. The smallest absolute Gasteiger partial charge is 0.322 e. The van der Waals surface area contributed by atoms with Gasteiger partial charge in [-0.25, -0.2) is 4.79 Å². The van der Waals surface area contributed by atoms with Crippen molar-refractivity contribution in [1.29, 1.82) is 0 Å². The second kappa shape index (κ2) is 11.1. The van der Waals surface area contributed by atoms with E-state index in [0.29, 0.717) is 42.9 Å². The van der Waals surface area contributed by atoms with E-state index in [1.165, 1.54) is 0 Å². The van der Waals surface area contributed by atoms with Crippen molar-refractivity contribution < 1.29 is 14.1 Å². The van der Waals surface area contributed by atoms with Crippen molar-refractivity contribution in [3.8, 4) is 11.4 Å². The maximum Gasteiger partial charge on any atom is 0.322 e. The Morgan fingerprint density at radius 3 is 2.59 bits per heavy atom. The number of nitrogens with one attached hydrogen (secondary N) is 1. The van der Waals surface area contributed by atoms with Gasteiger partial charge in [0.1, 0.15) is 0 Å². The van der Waals surface area contributed by atoms with Gasteiger partial charge >= 0.3 is 6.03 Å². The largest absolute Gasteiger partial charge is 0.382 e. The fourth-order valence-electron chi connectivity index (χ4n) is 3.89. The number of hydrogen-bond donors (Lipinski definition) is 1. The zero-order chi connectivity index (χ0) is 24.1.